The number of fused-ring (bicyclic) bond motifs is 1. The minimum absolute atomic E-state index is 0.114. The van der Waals surface area contributed by atoms with Crippen LogP contribution in [0.15, 0.2) is 59.2 Å². The van der Waals surface area contributed by atoms with E-state index >= 15 is 0 Å². The molecule has 1 heterocycles. The fourth-order valence-electron chi connectivity index (χ4n) is 2.48. The molecule has 0 fully saturated rings. The lowest BCUT2D eigenvalue weighted by atomic mass is 9.97. The molecule has 2 aromatic carbocycles. The number of para-hydroxylation sites is 1. The summed E-state index contributed by atoms with van der Waals surface area (Å²) in [6.07, 6.45) is 2.50. The highest BCUT2D eigenvalue weighted by Gasteiger charge is 2.13. The minimum atomic E-state index is -0.114. The fourth-order valence-corrected chi connectivity index (χ4v) is 3.23. The van der Waals surface area contributed by atoms with E-state index < -0.39 is 0 Å². The Bertz CT molecular complexity index is 783. The van der Waals surface area contributed by atoms with Gasteiger partial charge >= 0.3 is 0 Å². The lowest BCUT2D eigenvalue weighted by Gasteiger charge is -2.15. The molecule has 3 rings (SSSR count). The van der Waals surface area contributed by atoms with Crippen LogP contribution in [0.1, 0.15) is 17.2 Å². The average Bonchev–Trinajstić information content (AvgIpc) is 2.49. The third-order valence-corrected chi connectivity index (χ3v) is 4.38. The molecule has 0 amide bonds. The van der Waals surface area contributed by atoms with E-state index in [4.69, 9.17) is 17.3 Å². The maximum atomic E-state index is 6.40. The lowest BCUT2D eigenvalue weighted by Crippen LogP contribution is -2.14. The van der Waals surface area contributed by atoms with Crippen LogP contribution in [0, 0.1) is 0 Å². The highest BCUT2D eigenvalue weighted by Crippen LogP contribution is 2.28. The highest BCUT2D eigenvalue weighted by molar-refractivity contribution is 9.10. The lowest BCUT2D eigenvalue weighted by molar-refractivity contribution is 0.727. The zero-order valence-electron chi connectivity index (χ0n) is 11.3. The molecule has 2 N–H and O–H groups in total. The van der Waals surface area contributed by atoms with Gasteiger partial charge in [-0.3, -0.25) is 4.98 Å². The van der Waals surface area contributed by atoms with E-state index in [0.717, 1.165) is 31.5 Å². The summed E-state index contributed by atoms with van der Waals surface area (Å²) in [4.78, 5) is 4.37. The van der Waals surface area contributed by atoms with Gasteiger partial charge in [0.2, 0.25) is 0 Å². The van der Waals surface area contributed by atoms with E-state index in [1.165, 1.54) is 0 Å². The number of benzene rings is 2. The van der Waals surface area contributed by atoms with E-state index in [2.05, 4.69) is 27.0 Å². The van der Waals surface area contributed by atoms with Gasteiger partial charge in [-0.2, -0.15) is 0 Å². The second-order valence-electron chi connectivity index (χ2n) is 4.96. The quantitative estimate of drug-likeness (QED) is 0.721. The summed E-state index contributed by atoms with van der Waals surface area (Å²) in [7, 11) is 0. The molecule has 0 aliphatic heterocycles. The van der Waals surface area contributed by atoms with Crippen LogP contribution in [0.25, 0.3) is 10.9 Å². The summed E-state index contributed by atoms with van der Waals surface area (Å²) in [5, 5.41) is 1.83. The second kappa shape index (κ2) is 6.14. The smallest absolute Gasteiger partial charge is 0.0705 e. The first kappa shape index (κ1) is 14.5. The number of halogens is 2. The molecule has 0 saturated carbocycles. The van der Waals surface area contributed by atoms with Gasteiger partial charge in [-0.25, -0.2) is 0 Å². The number of rotatable bonds is 3. The summed E-state index contributed by atoms with van der Waals surface area (Å²) >= 11 is 9.70. The zero-order chi connectivity index (χ0) is 14.8. The van der Waals surface area contributed by atoms with Crippen molar-refractivity contribution in [2.45, 2.75) is 12.5 Å². The molecule has 1 atom stereocenters. The number of nitrogens with two attached hydrogens (primary N) is 1. The molecule has 0 bridgehead atoms. The molecule has 3 aromatic rings. The summed E-state index contributed by atoms with van der Waals surface area (Å²) in [5.41, 5.74) is 9.51. The average molecular weight is 362 g/mol. The van der Waals surface area contributed by atoms with Crippen LogP contribution in [-0.2, 0) is 6.42 Å². The van der Waals surface area contributed by atoms with E-state index in [9.17, 15) is 0 Å². The Morgan fingerprint density at radius 3 is 2.76 bits per heavy atom. The van der Waals surface area contributed by atoms with Gasteiger partial charge in [-0.05, 0) is 41.8 Å². The predicted octanol–water partition coefficient (Wildman–Crippen LogP) is 4.89. The molecule has 0 aliphatic rings. The molecular formula is C17H14BrClN2. The highest BCUT2D eigenvalue weighted by atomic mass is 79.9. The number of hydrogen-bond donors (Lipinski definition) is 1. The molecular weight excluding hydrogens is 348 g/mol. The van der Waals surface area contributed by atoms with Gasteiger partial charge in [0.15, 0.2) is 0 Å². The van der Waals surface area contributed by atoms with E-state index in [1.54, 1.807) is 6.20 Å². The fraction of sp³-hybridized carbons (Fsp3) is 0.118. The number of nitrogens with zero attached hydrogens (tertiary/aromatic N) is 1. The maximum absolute atomic E-state index is 6.40. The molecule has 0 radical (unpaired) electrons. The number of aromatic nitrogens is 1. The van der Waals surface area contributed by atoms with Gasteiger partial charge < -0.3 is 5.73 Å². The Balaban J connectivity index is 1.95. The number of hydrogen-bond acceptors (Lipinski definition) is 2. The molecule has 1 aromatic heterocycles. The molecule has 1 unspecified atom stereocenters. The second-order valence-corrected chi connectivity index (χ2v) is 6.29. The van der Waals surface area contributed by atoms with Gasteiger partial charge in [0.1, 0.15) is 0 Å². The maximum Gasteiger partial charge on any atom is 0.0705 e. The van der Waals surface area contributed by atoms with Crippen molar-refractivity contribution in [1.82, 2.24) is 4.98 Å². The van der Waals surface area contributed by atoms with E-state index in [0.29, 0.717) is 6.42 Å². The molecule has 4 heteroatoms. The monoisotopic (exact) mass is 360 g/mol. The van der Waals surface area contributed by atoms with E-state index in [1.807, 2.05) is 42.5 Å². The number of pyridine rings is 1. The van der Waals surface area contributed by atoms with Crippen LogP contribution in [0.3, 0.4) is 0 Å². The van der Waals surface area contributed by atoms with Crippen LogP contribution < -0.4 is 5.73 Å². The van der Waals surface area contributed by atoms with Crippen LogP contribution >= 0.6 is 27.5 Å². The van der Waals surface area contributed by atoms with Crippen LogP contribution in [0.2, 0.25) is 5.02 Å². The van der Waals surface area contributed by atoms with Crippen molar-refractivity contribution in [3.8, 4) is 0 Å². The molecule has 106 valence electrons. The zero-order valence-corrected chi connectivity index (χ0v) is 13.6. The van der Waals surface area contributed by atoms with E-state index in [-0.39, 0.29) is 6.04 Å². The van der Waals surface area contributed by atoms with Crippen molar-refractivity contribution in [1.29, 1.82) is 0 Å². The third-order valence-electron chi connectivity index (χ3n) is 3.54. The van der Waals surface area contributed by atoms with Crippen LogP contribution in [-0.4, -0.2) is 4.98 Å². The minimum Gasteiger partial charge on any atom is -0.324 e. The SMILES string of the molecule is NC(Cc1ccc(Br)cc1Cl)c1ccnc2ccccc12. The van der Waals surface area contributed by atoms with Crippen molar-refractivity contribution in [3.05, 3.63) is 75.4 Å². The third kappa shape index (κ3) is 3.10. The van der Waals surface area contributed by atoms with Gasteiger partial charge in [-0.1, -0.05) is 51.8 Å². The Morgan fingerprint density at radius 2 is 1.95 bits per heavy atom. The molecule has 21 heavy (non-hydrogen) atoms. The van der Waals surface area contributed by atoms with Gasteiger partial charge in [0.25, 0.3) is 0 Å². The van der Waals surface area contributed by atoms with Crippen molar-refractivity contribution >= 4 is 38.4 Å². The summed E-state index contributed by atoms with van der Waals surface area (Å²) in [6, 6.07) is 15.8. The predicted molar refractivity (Wildman–Crippen MR) is 91.5 cm³/mol. The standard InChI is InChI=1S/C17H14BrClN2/c18-12-6-5-11(15(19)10-12)9-16(20)13-7-8-21-17-4-2-1-3-14(13)17/h1-8,10,16H,9,20H2. The largest absolute Gasteiger partial charge is 0.324 e. The molecule has 0 saturated heterocycles. The Labute approximate surface area is 137 Å². The van der Waals surface area contributed by atoms with Crippen molar-refractivity contribution < 1.29 is 0 Å². The van der Waals surface area contributed by atoms with Crippen molar-refractivity contribution in [3.63, 3.8) is 0 Å². The first-order valence-electron chi connectivity index (χ1n) is 6.68. The Kier molecular flexibility index (Phi) is 4.24. The molecule has 2 nitrogen and oxygen atoms in total. The van der Waals surface area contributed by atoms with Crippen molar-refractivity contribution in [2.75, 3.05) is 0 Å². The normalized spacial score (nSPS) is 12.5. The Morgan fingerprint density at radius 1 is 1.14 bits per heavy atom. The van der Waals surface area contributed by atoms with Gasteiger partial charge in [0.05, 0.1) is 5.52 Å². The summed E-state index contributed by atoms with van der Waals surface area (Å²) in [6.45, 7) is 0. The van der Waals surface area contributed by atoms with Gasteiger partial charge in [0, 0.05) is 27.1 Å². The summed E-state index contributed by atoms with van der Waals surface area (Å²) in [5.74, 6) is 0. The first-order valence-corrected chi connectivity index (χ1v) is 7.85. The topological polar surface area (TPSA) is 38.9 Å². The van der Waals surface area contributed by atoms with Crippen LogP contribution in [0.5, 0.6) is 0 Å². The Hall–Kier alpha value is -1.42. The molecule has 0 spiro atoms. The van der Waals surface area contributed by atoms with Gasteiger partial charge in [-0.15, -0.1) is 0 Å². The first-order chi connectivity index (χ1) is 10.1. The summed E-state index contributed by atoms with van der Waals surface area (Å²) < 4.78 is 0.971. The molecule has 0 aliphatic carbocycles. The van der Waals surface area contributed by atoms with Crippen LogP contribution in [0.4, 0.5) is 0 Å². The van der Waals surface area contributed by atoms with Crippen molar-refractivity contribution in [2.24, 2.45) is 5.73 Å².